The molecule has 0 unspecified atom stereocenters. The van der Waals surface area contributed by atoms with Gasteiger partial charge in [-0.15, -0.1) is 0 Å². The van der Waals surface area contributed by atoms with Gasteiger partial charge in [0.2, 0.25) is 10.0 Å². The lowest BCUT2D eigenvalue weighted by atomic mass is 10.0. The maximum atomic E-state index is 13.4. The summed E-state index contributed by atoms with van der Waals surface area (Å²) in [7, 11) is -3.49. The summed E-state index contributed by atoms with van der Waals surface area (Å²) in [5, 5.41) is 0. The highest BCUT2D eigenvalue weighted by Crippen LogP contribution is 2.23. The van der Waals surface area contributed by atoms with Crippen LogP contribution in [0.1, 0.15) is 25.3 Å². The van der Waals surface area contributed by atoms with Crippen molar-refractivity contribution < 1.29 is 12.8 Å². The summed E-state index contributed by atoms with van der Waals surface area (Å²) < 4.78 is 40.5. The number of sulfonamides is 1. The van der Waals surface area contributed by atoms with Gasteiger partial charge in [0, 0.05) is 31.9 Å². The van der Waals surface area contributed by atoms with Gasteiger partial charge in [-0.3, -0.25) is 0 Å². The number of benzene rings is 2. The van der Waals surface area contributed by atoms with E-state index in [4.69, 9.17) is 0 Å². The minimum absolute atomic E-state index is 0.280. The van der Waals surface area contributed by atoms with E-state index in [1.165, 1.54) is 16.4 Å². The number of nitrogens with zero attached hydrogens (tertiary/aromatic N) is 2. The molecule has 0 spiro atoms. The largest absolute Gasteiger partial charge is 0.369 e. The Hall–Kier alpha value is -1.92. The third-order valence-electron chi connectivity index (χ3n) is 4.60. The normalized spacial score (nSPS) is 16.4. The summed E-state index contributed by atoms with van der Waals surface area (Å²) in [4.78, 5) is 2.34. The minimum Gasteiger partial charge on any atom is -0.369 e. The van der Waals surface area contributed by atoms with E-state index in [1.807, 2.05) is 23.1 Å². The van der Waals surface area contributed by atoms with Crippen LogP contribution in [0.2, 0.25) is 0 Å². The molecule has 4 nitrogen and oxygen atoms in total. The van der Waals surface area contributed by atoms with Gasteiger partial charge in [0.1, 0.15) is 5.82 Å². The molecule has 2 aromatic carbocycles. The first-order chi connectivity index (χ1) is 11.9. The summed E-state index contributed by atoms with van der Waals surface area (Å²) in [5.74, 6) is 0.0874. The molecular formula is C19H23FN2O2S. The van der Waals surface area contributed by atoms with Crippen molar-refractivity contribution in [1.82, 2.24) is 4.31 Å². The summed E-state index contributed by atoms with van der Waals surface area (Å²) in [5.41, 5.74) is 1.91. The molecule has 0 aromatic heterocycles. The van der Waals surface area contributed by atoms with Gasteiger partial charge < -0.3 is 4.90 Å². The Balaban J connectivity index is 1.71. The van der Waals surface area contributed by atoms with Crippen LogP contribution in [0, 0.1) is 5.82 Å². The molecule has 1 aliphatic heterocycles. The first-order valence-electron chi connectivity index (χ1n) is 8.48. The van der Waals surface area contributed by atoms with Crippen LogP contribution in [0.5, 0.6) is 0 Å². The number of hydrogen-bond donors (Lipinski definition) is 0. The molecule has 2 aromatic rings. The zero-order chi connectivity index (χ0) is 18.0. The maximum absolute atomic E-state index is 13.4. The highest BCUT2D eigenvalue weighted by Gasteiger charge is 2.28. The second-order valence-electron chi connectivity index (χ2n) is 6.59. The molecule has 0 N–H and O–H groups in total. The molecule has 0 radical (unpaired) electrons. The Morgan fingerprint density at radius 3 is 2.16 bits per heavy atom. The van der Waals surface area contributed by atoms with E-state index >= 15 is 0 Å². The molecule has 1 heterocycles. The van der Waals surface area contributed by atoms with Crippen LogP contribution < -0.4 is 4.90 Å². The Morgan fingerprint density at radius 2 is 1.60 bits per heavy atom. The predicted octanol–water partition coefficient (Wildman–Crippen LogP) is 3.46. The van der Waals surface area contributed by atoms with Crippen molar-refractivity contribution >= 4 is 15.7 Å². The van der Waals surface area contributed by atoms with Crippen LogP contribution in [0.25, 0.3) is 0 Å². The van der Waals surface area contributed by atoms with Crippen LogP contribution in [0.3, 0.4) is 0 Å². The predicted molar refractivity (Wildman–Crippen MR) is 97.9 cm³/mol. The smallest absolute Gasteiger partial charge is 0.243 e. The van der Waals surface area contributed by atoms with Gasteiger partial charge in [-0.05, 0) is 41.8 Å². The lowest BCUT2D eigenvalue weighted by Gasteiger charge is -2.35. The van der Waals surface area contributed by atoms with Crippen molar-refractivity contribution in [1.29, 1.82) is 0 Å². The molecule has 0 amide bonds. The average Bonchev–Trinajstić information content (AvgIpc) is 2.62. The lowest BCUT2D eigenvalue weighted by molar-refractivity contribution is 0.384. The monoisotopic (exact) mass is 362 g/mol. The quantitative estimate of drug-likeness (QED) is 0.836. The SMILES string of the molecule is CC(C)c1ccc(S(=O)(=O)N2CCN(c3cccc(F)c3)CC2)cc1. The first kappa shape index (κ1) is 17.9. The molecule has 0 saturated carbocycles. The van der Waals surface area contributed by atoms with Crippen molar-refractivity contribution in [3.05, 3.63) is 59.9 Å². The van der Waals surface area contributed by atoms with E-state index < -0.39 is 10.0 Å². The van der Waals surface area contributed by atoms with E-state index in [9.17, 15) is 12.8 Å². The van der Waals surface area contributed by atoms with Crippen molar-refractivity contribution in [2.75, 3.05) is 31.1 Å². The fourth-order valence-electron chi connectivity index (χ4n) is 3.03. The molecule has 134 valence electrons. The molecule has 0 bridgehead atoms. The molecule has 0 aliphatic carbocycles. The summed E-state index contributed by atoms with van der Waals surface area (Å²) in [6.07, 6.45) is 0. The minimum atomic E-state index is -3.49. The number of piperazine rings is 1. The molecule has 1 fully saturated rings. The Kier molecular flexibility index (Phi) is 5.11. The second kappa shape index (κ2) is 7.14. The first-order valence-corrected chi connectivity index (χ1v) is 9.92. The number of rotatable bonds is 4. The summed E-state index contributed by atoms with van der Waals surface area (Å²) in [6.45, 7) is 6.04. The van der Waals surface area contributed by atoms with Crippen LogP contribution in [-0.4, -0.2) is 38.9 Å². The zero-order valence-electron chi connectivity index (χ0n) is 14.5. The number of halogens is 1. The second-order valence-corrected chi connectivity index (χ2v) is 8.53. The van der Waals surface area contributed by atoms with Gasteiger partial charge in [0.05, 0.1) is 4.90 Å². The van der Waals surface area contributed by atoms with E-state index in [1.54, 1.807) is 18.2 Å². The molecular weight excluding hydrogens is 339 g/mol. The van der Waals surface area contributed by atoms with E-state index in [2.05, 4.69) is 13.8 Å². The fraction of sp³-hybridized carbons (Fsp3) is 0.368. The molecule has 6 heteroatoms. The molecule has 25 heavy (non-hydrogen) atoms. The lowest BCUT2D eigenvalue weighted by Crippen LogP contribution is -2.48. The van der Waals surface area contributed by atoms with E-state index in [0.717, 1.165) is 11.3 Å². The number of anilines is 1. The number of hydrogen-bond acceptors (Lipinski definition) is 3. The van der Waals surface area contributed by atoms with Crippen LogP contribution >= 0.6 is 0 Å². The van der Waals surface area contributed by atoms with Gasteiger partial charge in [-0.25, -0.2) is 12.8 Å². The van der Waals surface area contributed by atoms with Crippen LogP contribution in [-0.2, 0) is 10.0 Å². The molecule has 3 rings (SSSR count). The third kappa shape index (κ3) is 3.85. The Bertz CT molecular complexity index is 827. The molecule has 1 saturated heterocycles. The topological polar surface area (TPSA) is 40.6 Å². The van der Waals surface area contributed by atoms with Gasteiger partial charge >= 0.3 is 0 Å². The van der Waals surface area contributed by atoms with Gasteiger partial charge in [-0.2, -0.15) is 4.31 Å². The van der Waals surface area contributed by atoms with Crippen molar-refractivity contribution in [2.24, 2.45) is 0 Å². The Labute approximate surface area is 148 Å². The standard InChI is InChI=1S/C19H23FN2O2S/c1-15(2)16-6-8-19(9-7-16)25(23,24)22-12-10-21(11-13-22)18-5-3-4-17(20)14-18/h3-9,14-15H,10-13H2,1-2H3. The Morgan fingerprint density at radius 1 is 0.960 bits per heavy atom. The highest BCUT2D eigenvalue weighted by atomic mass is 32.2. The molecule has 0 atom stereocenters. The molecule has 1 aliphatic rings. The van der Waals surface area contributed by atoms with Crippen molar-refractivity contribution in [3.63, 3.8) is 0 Å². The average molecular weight is 362 g/mol. The highest BCUT2D eigenvalue weighted by molar-refractivity contribution is 7.89. The van der Waals surface area contributed by atoms with E-state index in [-0.39, 0.29) is 5.82 Å². The van der Waals surface area contributed by atoms with Gasteiger partial charge in [0.15, 0.2) is 0 Å². The van der Waals surface area contributed by atoms with Crippen LogP contribution in [0.4, 0.5) is 10.1 Å². The summed E-state index contributed by atoms with van der Waals surface area (Å²) >= 11 is 0. The van der Waals surface area contributed by atoms with Crippen LogP contribution in [0.15, 0.2) is 53.4 Å². The van der Waals surface area contributed by atoms with Crippen molar-refractivity contribution in [2.45, 2.75) is 24.7 Å². The van der Waals surface area contributed by atoms with Gasteiger partial charge in [-0.1, -0.05) is 32.0 Å². The van der Waals surface area contributed by atoms with Crippen molar-refractivity contribution in [3.8, 4) is 0 Å². The summed E-state index contributed by atoms with van der Waals surface area (Å²) in [6, 6.07) is 13.5. The zero-order valence-corrected chi connectivity index (χ0v) is 15.3. The van der Waals surface area contributed by atoms with E-state index in [0.29, 0.717) is 37.0 Å². The van der Waals surface area contributed by atoms with Gasteiger partial charge in [0.25, 0.3) is 0 Å². The maximum Gasteiger partial charge on any atom is 0.243 e. The fourth-order valence-corrected chi connectivity index (χ4v) is 4.46. The third-order valence-corrected chi connectivity index (χ3v) is 6.51.